The van der Waals surface area contributed by atoms with Gasteiger partial charge in [0.2, 0.25) is 11.8 Å². The lowest BCUT2D eigenvalue weighted by Gasteiger charge is -2.29. The van der Waals surface area contributed by atoms with Crippen LogP contribution in [-0.4, -0.2) is 53.6 Å². The van der Waals surface area contributed by atoms with Gasteiger partial charge in [-0.1, -0.05) is 85.7 Å². The number of benzene rings is 3. The molecule has 5 rings (SSSR count). The zero-order valence-corrected chi connectivity index (χ0v) is 25.4. The Morgan fingerprint density at radius 3 is 2.31 bits per heavy atom. The first-order valence-corrected chi connectivity index (χ1v) is 15.7. The van der Waals surface area contributed by atoms with Gasteiger partial charge in [-0.25, -0.2) is 0 Å². The molecule has 1 fully saturated rings. The van der Waals surface area contributed by atoms with Crippen LogP contribution in [0, 0.1) is 11.8 Å². The van der Waals surface area contributed by atoms with Gasteiger partial charge in [-0.3, -0.25) is 19.2 Å². The molecule has 4 N–H and O–H groups in total. The van der Waals surface area contributed by atoms with Crippen LogP contribution in [-0.2, 0) is 30.3 Å². The number of ether oxygens (including phenoxy) is 1. The Morgan fingerprint density at radius 1 is 0.889 bits per heavy atom. The van der Waals surface area contributed by atoms with Crippen LogP contribution >= 0.6 is 0 Å². The van der Waals surface area contributed by atoms with Crippen molar-refractivity contribution in [3.05, 3.63) is 90.5 Å². The molecule has 1 aliphatic carbocycles. The highest BCUT2D eigenvalue weighted by Crippen LogP contribution is 2.29. The number of allylic oxidation sites excluding steroid dienone is 2. The summed E-state index contributed by atoms with van der Waals surface area (Å²) in [5, 5.41) is 20.5. The molecular weight excluding hydrogens is 570 g/mol. The maximum absolute atomic E-state index is 13.6. The van der Waals surface area contributed by atoms with Crippen LogP contribution in [0.4, 0.5) is 5.69 Å². The van der Waals surface area contributed by atoms with Gasteiger partial charge in [-0.05, 0) is 60.6 Å². The number of esters is 1. The average molecular weight is 612 g/mol. The number of hydrogen-bond donors (Lipinski definition) is 4. The van der Waals surface area contributed by atoms with Gasteiger partial charge in [0.1, 0.15) is 12.6 Å². The highest BCUT2D eigenvalue weighted by Gasteiger charge is 2.36. The number of carbonyl (C=O) groups is 4. The third-order valence-corrected chi connectivity index (χ3v) is 8.78. The summed E-state index contributed by atoms with van der Waals surface area (Å²) < 4.78 is 5.67. The van der Waals surface area contributed by atoms with Crippen molar-refractivity contribution < 1.29 is 29.0 Å². The SMILES string of the molecule is O=C(C[C@H]1CC=CC[C@@H](Cc2ccccc2)C(=O)OC[C@@H](C(=O)Nc2ccc3ccccc3c2)NC1=O)NC1(CO)CCCC1. The molecule has 2 aliphatic rings. The Balaban J connectivity index is 1.35. The molecule has 3 atom stereocenters. The van der Waals surface area contributed by atoms with Crippen molar-refractivity contribution in [2.45, 2.75) is 62.9 Å². The Hall–Kier alpha value is -4.50. The lowest BCUT2D eigenvalue weighted by molar-refractivity contribution is -0.150. The Bertz CT molecular complexity index is 1530. The molecular formula is C36H41N3O6. The molecule has 45 heavy (non-hydrogen) atoms. The minimum Gasteiger partial charge on any atom is -0.463 e. The molecule has 0 bridgehead atoms. The number of carbonyl (C=O) groups excluding carboxylic acids is 4. The summed E-state index contributed by atoms with van der Waals surface area (Å²) in [5.41, 5.74) is 0.866. The molecule has 3 aromatic carbocycles. The second kappa shape index (κ2) is 15.0. The van der Waals surface area contributed by atoms with Crippen molar-refractivity contribution in [2.24, 2.45) is 11.8 Å². The van der Waals surface area contributed by atoms with E-state index >= 15 is 0 Å². The molecule has 0 unspecified atom stereocenters. The van der Waals surface area contributed by atoms with E-state index in [4.69, 9.17) is 4.74 Å². The lowest BCUT2D eigenvalue weighted by Crippen LogP contribution is -2.52. The summed E-state index contributed by atoms with van der Waals surface area (Å²) in [7, 11) is 0. The van der Waals surface area contributed by atoms with E-state index < -0.39 is 41.2 Å². The van der Waals surface area contributed by atoms with Gasteiger partial charge in [0.15, 0.2) is 0 Å². The largest absolute Gasteiger partial charge is 0.463 e. The summed E-state index contributed by atoms with van der Waals surface area (Å²) in [6.45, 7) is -0.508. The fourth-order valence-electron chi connectivity index (χ4n) is 6.16. The number of amides is 3. The Kier molecular flexibility index (Phi) is 10.6. The molecule has 9 nitrogen and oxygen atoms in total. The number of cyclic esters (lactones) is 1. The molecule has 0 aromatic heterocycles. The molecule has 3 aromatic rings. The van der Waals surface area contributed by atoms with E-state index in [2.05, 4.69) is 16.0 Å². The van der Waals surface area contributed by atoms with E-state index in [1.807, 2.05) is 78.9 Å². The standard InChI is InChI=1S/C36H41N3O6/c40-24-36(18-8-9-19-36)39-32(41)22-28-14-6-7-15-29(20-25-10-2-1-3-11-25)35(44)45-23-31(38-33(28)42)34(43)37-30-17-16-26-12-4-5-13-27(26)21-30/h1-7,10-13,16-17,21,28-29,31,40H,8-9,14-15,18-20,22-24H2,(H,37,43)(H,38,42)(H,39,41)/t28-,29+,31+/m1/s1. The van der Waals surface area contributed by atoms with E-state index in [-0.39, 0.29) is 32.0 Å². The van der Waals surface area contributed by atoms with Gasteiger partial charge in [0.05, 0.1) is 24.0 Å². The van der Waals surface area contributed by atoms with E-state index in [1.54, 1.807) is 6.07 Å². The zero-order chi connectivity index (χ0) is 31.6. The first kappa shape index (κ1) is 31.9. The quantitative estimate of drug-likeness (QED) is 0.220. The van der Waals surface area contributed by atoms with Crippen molar-refractivity contribution in [2.75, 3.05) is 18.5 Å². The van der Waals surface area contributed by atoms with Crippen molar-refractivity contribution in [1.82, 2.24) is 10.6 Å². The zero-order valence-electron chi connectivity index (χ0n) is 25.4. The van der Waals surface area contributed by atoms with Crippen molar-refractivity contribution >= 4 is 40.2 Å². The first-order chi connectivity index (χ1) is 21.8. The van der Waals surface area contributed by atoms with Crippen LogP contribution in [0.1, 0.15) is 50.5 Å². The second-order valence-corrected chi connectivity index (χ2v) is 12.2. The average Bonchev–Trinajstić information content (AvgIpc) is 3.52. The molecule has 1 saturated carbocycles. The van der Waals surface area contributed by atoms with Gasteiger partial charge in [-0.15, -0.1) is 0 Å². The topological polar surface area (TPSA) is 134 Å². The maximum atomic E-state index is 13.6. The van der Waals surface area contributed by atoms with Gasteiger partial charge in [0.25, 0.3) is 5.91 Å². The predicted octanol–water partition coefficient (Wildman–Crippen LogP) is 4.44. The predicted molar refractivity (Wildman–Crippen MR) is 172 cm³/mol. The number of rotatable bonds is 8. The number of nitrogens with one attached hydrogen (secondary N) is 3. The molecule has 0 spiro atoms. The third kappa shape index (κ3) is 8.57. The molecule has 1 heterocycles. The summed E-state index contributed by atoms with van der Waals surface area (Å²) in [4.78, 5) is 53.5. The summed E-state index contributed by atoms with van der Waals surface area (Å²) in [5.74, 6) is -3.06. The van der Waals surface area contributed by atoms with Crippen LogP contribution in [0.2, 0.25) is 0 Å². The number of aliphatic hydroxyl groups excluding tert-OH is 1. The Labute approximate surface area is 263 Å². The van der Waals surface area contributed by atoms with E-state index in [9.17, 15) is 24.3 Å². The van der Waals surface area contributed by atoms with E-state index in [1.165, 1.54) is 0 Å². The number of fused-ring (bicyclic) bond motifs is 1. The minimum atomic E-state index is -1.18. The van der Waals surface area contributed by atoms with Crippen molar-refractivity contribution in [1.29, 1.82) is 0 Å². The highest BCUT2D eigenvalue weighted by atomic mass is 16.5. The maximum Gasteiger partial charge on any atom is 0.309 e. The molecule has 0 radical (unpaired) electrons. The monoisotopic (exact) mass is 611 g/mol. The molecule has 3 amide bonds. The number of hydrogen-bond acceptors (Lipinski definition) is 6. The fraction of sp³-hybridized carbons (Fsp3) is 0.389. The van der Waals surface area contributed by atoms with Crippen LogP contribution in [0.3, 0.4) is 0 Å². The van der Waals surface area contributed by atoms with E-state index in [0.29, 0.717) is 31.4 Å². The molecule has 1 aliphatic heterocycles. The van der Waals surface area contributed by atoms with Crippen LogP contribution < -0.4 is 16.0 Å². The second-order valence-electron chi connectivity index (χ2n) is 12.2. The highest BCUT2D eigenvalue weighted by molar-refractivity contribution is 5.99. The van der Waals surface area contributed by atoms with Gasteiger partial charge in [0, 0.05) is 12.1 Å². The van der Waals surface area contributed by atoms with Crippen LogP contribution in [0.25, 0.3) is 10.8 Å². The van der Waals surface area contributed by atoms with Gasteiger partial charge < -0.3 is 25.8 Å². The summed E-state index contributed by atoms with van der Waals surface area (Å²) in [6, 6.07) is 21.7. The van der Waals surface area contributed by atoms with Crippen molar-refractivity contribution in [3.8, 4) is 0 Å². The van der Waals surface area contributed by atoms with Crippen LogP contribution in [0.5, 0.6) is 0 Å². The third-order valence-electron chi connectivity index (χ3n) is 8.78. The normalized spacial score (nSPS) is 22.0. The molecule has 236 valence electrons. The van der Waals surface area contributed by atoms with Crippen molar-refractivity contribution in [3.63, 3.8) is 0 Å². The minimum absolute atomic E-state index is 0.107. The summed E-state index contributed by atoms with van der Waals surface area (Å²) >= 11 is 0. The summed E-state index contributed by atoms with van der Waals surface area (Å²) in [6.07, 6.45) is 7.87. The van der Waals surface area contributed by atoms with Crippen LogP contribution in [0.15, 0.2) is 84.9 Å². The van der Waals surface area contributed by atoms with Gasteiger partial charge >= 0.3 is 5.97 Å². The smallest absolute Gasteiger partial charge is 0.309 e. The molecule has 0 saturated heterocycles. The Morgan fingerprint density at radius 2 is 1.58 bits per heavy atom. The lowest BCUT2D eigenvalue weighted by atomic mass is 9.93. The van der Waals surface area contributed by atoms with E-state index in [0.717, 1.165) is 29.2 Å². The first-order valence-electron chi connectivity index (χ1n) is 15.7. The molecule has 9 heteroatoms. The van der Waals surface area contributed by atoms with Gasteiger partial charge in [-0.2, -0.15) is 0 Å². The number of anilines is 1. The fourth-order valence-corrected chi connectivity index (χ4v) is 6.16. The number of aliphatic hydroxyl groups is 1.